The third kappa shape index (κ3) is 4.01. The third-order valence-electron chi connectivity index (χ3n) is 2.14. The van der Waals surface area contributed by atoms with E-state index in [1.54, 1.807) is 19.9 Å². The van der Waals surface area contributed by atoms with Crippen LogP contribution in [0.15, 0.2) is 23.1 Å². The first-order valence-electron chi connectivity index (χ1n) is 5.37. The van der Waals surface area contributed by atoms with Gasteiger partial charge in [0.15, 0.2) is 6.61 Å². The second-order valence-corrected chi connectivity index (χ2v) is 5.27. The molecule has 7 heteroatoms. The van der Waals surface area contributed by atoms with Crippen LogP contribution in [-0.2, 0) is 14.8 Å². The van der Waals surface area contributed by atoms with E-state index in [-0.39, 0.29) is 23.2 Å². The minimum Gasteiger partial charge on any atom is -0.482 e. The Balaban J connectivity index is 2.93. The number of rotatable bonds is 5. The average Bonchev–Trinajstić information content (AvgIpc) is 2.26. The quantitative estimate of drug-likeness (QED) is 0.797. The average molecular weight is 272 g/mol. The van der Waals surface area contributed by atoms with Gasteiger partial charge in [0.25, 0.3) is 5.91 Å². The number of sulfonamides is 1. The largest absolute Gasteiger partial charge is 0.482 e. The lowest BCUT2D eigenvalue weighted by Crippen LogP contribution is -2.28. The highest BCUT2D eigenvalue weighted by molar-refractivity contribution is 7.89. The van der Waals surface area contributed by atoms with E-state index < -0.39 is 10.0 Å². The Morgan fingerprint density at radius 2 is 2.11 bits per heavy atom. The van der Waals surface area contributed by atoms with Gasteiger partial charge in [-0.15, -0.1) is 0 Å². The van der Waals surface area contributed by atoms with Crippen molar-refractivity contribution >= 4 is 15.9 Å². The highest BCUT2D eigenvalue weighted by Crippen LogP contribution is 2.23. The summed E-state index contributed by atoms with van der Waals surface area (Å²) in [7, 11) is -3.87. The molecule has 0 unspecified atom stereocenters. The van der Waals surface area contributed by atoms with E-state index in [1.165, 1.54) is 12.1 Å². The summed E-state index contributed by atoms with van der Waals surface area (Å²) >= 11 is 0. The summed E-state index contributed by atoms with van der Waals surface area (Å²) in [5, 5.41) is 7.62. The van der Waals surface area contributed by atoms with Gasteiger partial charge in [-0.1, -0.05) is 6.07 Å². The van der Waals surface area contributed by atoms with Crippen molar-refractivity contribution in [1.29, 1.82) is 0 Å². The number of carbonyl (C=O) groups excluding carboxylic acids is 1. The Bertz CT molecular complexity index is 540. The summed E-state index contributed by atoms with van der Waals surface area (Å²) in [5.41, 5.74) is 0.740. The van der Waals surface area contributed by atoms with Gasteiger partial charge in [0.1, 0.15) is 10.6 Å². The Labute approximate surface area is 106 Å². The zero-order chi connectivity index (χ0) is 13.8. The first-order valence-corrected chi connectivity index (χ1v) is 6.92. The molecule has 1 aromatic carbocycles. The molecule has 6 nitrogen and oxygen atoms in total. The molecule has 0 bridgehead atoms. The molecule has 0 atom stereocenters. The molecule has 0 radical (unpaired) electrons. The van der Waals surface area contributed by atoms with E-state index >= 15 is 0 Å². The molecule has 0 aliphatic rings. The molecule has 3 N–H and O–H groups in total. The maximum Gasteiger partial charge on any atom is 0.257 e. The number of aryl methyl sites for hydroxylation is 1. The van der Waals surface area contributed by atoms with E-state index in [2.05, 4.69) is 5.32 Å². The van der Waals surface area contributed by atoms with E-state index in [4.69, 9.17) is 9.88 Å². The molecule has 0 spiro atoms. The minimum atomic E-state index is -3.87. The molecule has 0 saturated carbocycles. The topological polar surface area (TPSA) is 98.5 Å². The van der Waals surface area contributed by atoms with Crippen LogP contribution in [0.3, 0.4) is 0 Å². The molecule has 0 fully saturated rings. The van der Waals surface area contributed by atoms with Crippen molar-refractivity contribution in [3.8, 4) is 5.75 Å². The van der Waals surface area contributed by atoms with Gasteiger partial charge in [0.05, 0.1) is 0 Å². The Hall–Kier alpha value is -1.60. The van der Waals surface area contributed by atoms with E-state index in [9.17, 15) is 13.2 Å². The van der Waals surface area contributed by atoms with Gasteiger partial charge in [-0.05, 0) is 31.5 Å². The van der Waals surface area contributed by atoms with Crippen LogP contribution >= 0.6 is 0 Å². The number of hydrogen-bond donors (Lipinski definition) is 2. The van der Waals surface area contributed by atoms with E-state index in [1.807, 2.05) is 0 Å². The monoisotopic (exact) mass is 272 g/mol. The fraction of sp³-hybridized carbons (Fsp3) is 0.364. The van der Waals surface area contributed by atoms with Crippen LogP contribution in [-0.4, -0.2) is 27.5 Å². The fourth-order valence-electron chi connectivity index (χ4n) is 1.35. The molecule has 0 aromatic heterocycles. The molecule has 0 saturated heterocycles. The SMILES string of the molecule is CCNC(=O)COc1ccc(C)cc1S(N)(=O)=O. The molecule has 0 aliphatic heterocycles. The number of likely N-dealkylation sites (N-methyl/N-ethyl adjacent to an activating group) is 1. The highest BCUT2D eigenvalue weighted by atomic mass is 32.2. The summed E-state index contributed by atoms with van der Waals surface area (Å²) in [6.45, 7) is 3.75. The number of benzene rings is 1. The van der Waals surface area contributed by atoms with Gasteiger partial charge in [0.2, 0.25) is 10.0 Å². The Kier molecular flexibility index (Phi) is 4.69. The fourth-order valence-corrected chi connectivity index (χ4v) is 2.11. The number of nitrogens with one attached hydrogen (secondary N) is 1. The summed E-state index contributed by atoms with van der Waals surface area (Å²) in [5.74, 6) is -0.243. The maximum atomic E-state index is 11.4. The van der Waals surface area contributed by atoms with Crippen LogP contribution in [0, 0.1) is 6.92 Å². The highest BCUT2D eigenvalue weighted by Gasteiger charge is 2.16. The molecule has 1 aromatic rings. The van der Waals surface area contributed by atoms with E-state index in [0.29, 0.717) is 6.54 Å². The van der Waals surface area contributed by atoms with Crippen molar-refractivity contribution in [1.82, 2.24) is 5.32 Å². The van der Waals surface area contributed by atoms with Crippen molar-refractivity contribution < 1.29 is 17.9 Å². The molecular weight excluding hydrogens is 256 g/mol. The van der Waals surface area contributed by atoms with Crippen molar-refractivity contribution in [2.45, 2.75) is 18.7 Å². The number of primary sulfonamides is 1. The normalized spacial score (nSPS) is 11.1. The number of nitrogens with two attached hydrogens (primary N) is 1. The Morgan fingerprint density at radius 3 is 2.67 bits per heavy atom. The molecule has 1 rings (SSSR count). The zero-order valence-corrected chi connectivity index (χ0v) is 11.1. The predicted molar refractivity (Wildman–Crippen MR) is 66.7 cm³/mol. The third-order valence-corrected chi connectivity index (χ3v) is 3.07. The van der Waals surface area contributed by atoms with Gasteiger partial charge < -0.3 is 10.1 Å². The van der Waals surface area contributed by atoms with Crippen LogP contribution in [0.2, 0.25) is 0 Å². The summed E-state index contributed by atoms with van der Waals surface area (Å²) in [6, 6.07) is 4.57. The maximum absolute atomic E-state index is 11.4. The van der Waals surface area contributed by atoms with Gasteiger partial charge in [-0.3, -0.25) is 4.79 Å². The van der Waals surface area contributed by atoms with Gasteiger partial charge in [-0.2, -0.15) is 0 Å². The minimum absolute atomic E-state index is 0.0781. The number of amides is 1. The second kappa shape index (κ2) is 5.83. The standard InChI is InChI=1S/C11H16N2O4S/c1-3-13-11(14)7-17-9-5-4-8(2)6-10(9)18(12,15)16/h4-6H,3,7H2,1-2H3,(H,13,14)(H2,12,15,16). The zero-order valence-electron chi connectivity index (χ0n) is 10.3. The molecule has 18 heavy (non-hydrogen) atoms. The second-order valence-electron chi connectivity index (χ2n) is 3.74. The first kappa shape index (κ1) is 14.5. The summed E-state index contributed by atoms with van der Waals surface area (Å²) in [6.07, 6.45) is 0. The summed E-state index contributed by atoms with van der Waals surface area (Å²) < 4.78 is 27.9. The first-order chi connectivity index (χ1) is 8.34. The lowest BCUT2D eigenvalue weighted by molar-refractivity contribution is -0.123. The molecule has 0 aliphatic carbocycles. The van der Waals surface area contributed by atoms with Crippen molar-refractivity contribution in [3.63, 3.8) is 0 Å². The molecule has 1 amide bonds. The Morgan fingerprint density at radius 1 is 1.44 bits per heavy atom. The number of hydrogen-bond acceptors (Lipinski definition) is 4. The van der Waals surface area contributed by atoms with Gasteiger partial charge >= 0.3 is 0 Å². The predicted octanol–water partition coefficient (Wildman–Crippen LogP) is 0.157. The van der Waals surface area contributed by atoms with Crippen molar-refractivity contribution in [3.05, 3.63) is 23.8 Å². The smallest absolute Gasteiger partial charge is 0.257 e. The lowest BCUT2D eigenvalue weighted by atomic mass is 10.2. The number of ether oxygens (including phenoxy) is 1. The molecule has 0 heterocycles. The molecule has 100 valence electrons. The number of carbonyl (C=O) groups is 1. The van der Waals surface area contributed by atoms with Crippen LogP contribution in [0.4, 0.5) is 0 Å². The van der Waals surface area contributed by atoms with Gasteiger partial charge in [-0.25, -0.2) is 13.6 Å². The van der Waals surface area contributed by atoms with Crippen LogP contribution in [0.5, 0.6) is 5.75 Å². The summed E-state index contributed by atoms with van der Waals surface area (Å²) in [4.78, 5) is 11.1. The van der Waals surface area contributed by atoms with Crippen LogP contribution in [0.25, 0.3) is 0 Å². The van der Waals surface area contributed by atoms with Gasteiger partial charge in [0, 0.05) is 6.54 Å². The van der Waals surface area contributed by atoms with Crippen LogP contribution in [0.1, 0.15) is 12.5 Å². The van der Waals surface area contributed by atoms with Crippen molar-refractivity contribution in [2.24, 2.45) is 5.14 Å². The van der Waals surface area contributed by atoms with E-state index in [0.717, 1.165) is 5.56 Å². The lowest BCUT2D eigenvalue weighted by Gasteiger charge is -2.10. The van der Waals surface area contributed by atoms with Crippen molar-refractivity contribution in [2.75, 3.05) is 13.2 Å². The molecular formula is C11H16N2O4S. The van der Waals surface area contributed by atoms with Crippen LogP contribution < -0.4 is 15.2 Å².